The van der Waals surface area contributed by atoms with E-state index in [1.54, 1.807) is 30.3 Å². The molecule has 1 aromatic heterocycles. The third-order valence-corrected chi connectivity index (χ3v) is 4.88. The number of methoxy groups -OCH3 is 2. The summed E-state index contributed by atoms with van der Waals surface area (Å²) in [6, 6.07) is 11.2. The van der Waals surface area contributed by atoms with Crippen LogP contribution in [0.2, 0.25) is 5.02 Å². The van der Waals surface area contributed by atoms with E-state index in [1.165, 1.54) is 32.6 Å². The van der Waals surface area contributed by atoms with Gasteiger partial charge in [0.15, 0.2) is 11.5 Å². The fraction of sp³-hybridized carbons (Fsp3) is 0.182. The van der Waals surface area contributed by atoms with E-state index in [0.717, 1.165) is 17.1 Å². The van der Waals surface area contributed by atoms with Gasteiger partial charge in [-0.05, 0) is 61.9 Å². The van der Waals surface area contributed by atoms with E-state index < -0.39 is 0 Å². The minimum atomic E-state index is -0.362. The number of benzene rings is 2. The molecular formula is C22H21ClFN3O3. The highest BCUT2D eigenvalue weighted by Crippen LogP contribution is 2.35. The highest BCUT2D eigenvalue weighted by Gasteiger charge is 2.16. The zero-order valence-corrected chi connectivity index (χ0v) is 17.7. The molecule has 0 aliphatic heterocycles. The van der Waals surface area contributed by atoms with Crippen LogP contribution in [0.25, 0.3) is 5.69 Å². The molecule has 156 valence electrons. The molecule has 3 rings (SSSR count). The van der Waals surface area contributed by atoms with Crippen LogP contribution in [0.15, 0.2) is 47.6 Å². The SMILES string of the molecule is COc1cc(/C=N/NC(=O)c2cc(C)n(-c3ccc(F)cc3)c2C)cc(Cl)c1OC. The summed E-state index contributed by atoms with van der Waals surface area (Å²) < 4.78 is 25.5. The summed E-state index contributed by atoms with van der Waals surface area (Å²) >= 11 is 6.18. The lowest BCUT2D eigenvalue weighted by atomic mass is 10.2. The van der Waals surface area contributed by atoms with Gasteiger partial charge in [-0.2, -0.15) is 5.10 Å². The second-order valence-corrected chi connectivity index (χ2v) is 6.94. The molecule has 1 heterocycles. The van der Waals surface area contributed by atoms with Crippen molar-refractivity contribution < 1.29 is 18.7 Å². The second kappa shape index (κ2) is 9.00. The number of amides is 1. The Hall–Kier alpha value is -3.32. The smallest absolute Gasteiger partial charge is 0.273 e. The third-order valence-electron chi connectivity index (χ3n) is 4.60. The summed E-state index contributed by atoms with van der Waals surface area (Å²) in [5.41, 5.74) is 5.96. The van der Waals surface area contributed by atoms with Crippen molar-refractivity contribution in [3.63, 3.8) is 0 Å². The number of nitrogens with one attached hydrogen (secondary N) is 1. The van der Waals surface area contributed by atoms with Crippen molar-refractivity contribution in [2.24, 2.45) is 5.10 Å². The standard InChI is InChI=1S/C22H21ClFN3O3/c1-13-9-18(14(2)27(13)17-7-5-16(24)6-8-17)22(28)26-25-12-15-10-19(23)21(30-4)20(11-15)29-3/h5-12H,1-4H3,(H,26,28)/b25-12+. The van der Waals surface area contributed by atoms with Gasteiger partial charge in [0.2, 0.25) is 0 Å². The van der Waals surface area contributed by atoms with Gasteiger partial charge >= 0.3 is 0 Å². The first-order valence-corrected chi connectivity index (χ1v) is 9.43. The Morgan fingerprint density at radius 3 is 2.47 bits per heavy atom. The van der Waals surface area contributed by atoms with E-state index in [2.05, 4.69) is 10.5 Å². The van der Waals surface area contributed by atoms with Gasteiger partial charge in [-0.3, -0.25) is 4.79 Å². The second-order valence-electron chi connectivity index (χ2n) is 6.53. The Kier molecular flexibility index (Phi) is 6.42. The van der Waals surface area contributed by atoms with E-state index in [9.17, 15) is 9.18 Å². The Bertz CT molecular complexity index is 1110. The van der Waals surface area contributed by atoms with Crippen molar-refractivity contribution in [1.82, 2.24) is 9.99 Å². The van der Waals surface area contributed by atoms with Crippen LogP contribution in [0.1, 0.15) is 27.3 Å². The van der Waals surface area contributed by atoms with Gasteiger partial charge in [-0.25, -0.2) is 9.82 Å². The maximum atomic E-state index is 13.2. The van der Waals surface area contributed by atoms with E-state index >= 15 is 0 Å². The molecule has 0 aliphatic carbocycles. The summed E-state index contributed by atoms with van der Waals surface area (Å²) in [7, 11) is 3.01. The number of carbonyl (C=O) groups is 1. The van der Waals surface area contributed by atoms with E-state index in [-0.39, 0.29) is 11.7 Å². The van der Waals surface area contributed by atoms with Gasteiger partial charge in [0.1, 0.15) is 5.82 Å². The summed E-state index contributed by atoms with van der Waals surface area (Å²) in [5.74, 6) is 0.206. The zero-order chi connectivity index (χ0) is 21.8. The first-order chi connectivity index (χ1) is 14.3. The fourth-order valence-corrected chi connectivity index (χ4v) is 3.51. The quantitative estimate of drug-likeness (QED) is 0.457. The number of hydrazone groups is 1. The topological polar surface area (TPSA) is 64.8 Å². The molecule has 1 N–H and O–H groups in total. The van der Waals surface area contributed by atoms with Gasteiger partial charge in [0.05, 0.1) is 31.0 Å². The number of nitrogens with zero attached hydrogens (tertiary/aromatic N) is 2. The lowest BCUT2D eigenvalue weighted by Gasteiger charge is -2.10. The van der Waals surface area contributed by atoms with Crippen LogP contribution in [0.5, 0.6) is 11.5 Å². The number of hydrogen-bond donors (Lipinski definition) is 1. The Balaban J connectivity index is 1.80. The van der Waals surface area contributed by atoms with Crippen molar-refractivity contribution in [2.45, 2.75) is 13.8 Å². The molecule has 0 unspecified atom stereocenters. The van der Waals surface area contributed by atoms with E-state index in [1.807, 2.05) is 18.4 Å². The maximum absolute atomic E-state index is 13.2. The third kappa shape index (κ3) is 4.31. The molecule has 3 aromatic rings. The lowest BCUT2D eigenvalue weighted by molar-refractivity contribution is 0.0954. The van der Waals surface area contributed by atoms with Crippen LogP contribution >= 0.6 is 11.6 Å². The molecule has 0 fully saturated rings. The minimum Gasteiger partial charge on any atom is -0.493 e. The van der Waals surface area contributed by atoms with Gasteiger partial charge in [-0.1, -0.05) is 11.6 Å². The van der Waals surface area contributed by atoms with Crippen molar-refractivity contribution >= 4 is 23.7 Å². The minimum absolute atomic E-state index is 0.316. The van der Waals surface area contributed by atoms with E-state index in [0.29, 0.717) is 27.6 Å². The fourth-order valence-electron chi connectivity index (χ4n) is 3.22. The number of ether oxygens (including phenoxy) is 2. The zero-order valence-electron chi connectivity index (χ0n) is 17.0. The Morgan fingerprint density at radius 2 is 1.83 bits per heavy atom. The van der Waals surface area contributed by atoms with Crippen molar-refractivity contribution in [1.29, 1.82) is 0 Å². The van der Waals surface area contributed by atoms with Gasteiger partial charge in [-0.15, -0.1) is 0 Å². The van der Waals surface area contributed by atoms with Crippen molar-refractivity contribution in [2.75, 3.05) is 14.2 Å². The van der Waals surface area contributed by atoms with Crippen LogP contribution in [0.3, 0.4) is 0 Å². The Labute approximate surface area is 178 Å². The number of aromatic nitrogens is 1. The predicted molar refractivity (Wildman–Crippen MR) is 115 cm³/mol. The summed E-state index contributed by atoms with van der Waals surface area (Å²) in [4.78, 5) is 12.6. The monoisotopic (exact) mass is 429 g/mol. The predicted octanol–water partition coefficient (Wildman–Crippen LogP) is 4.67. The molecular weight excluding hydrogens is 409 g/mol. The van der Waals surface area contributed by atoms with Crippen LogP contribution in [0, 0.1) is 19.7 Å². The van der Waals surface area contributed by atoms with E-state index in [4.69, 9.17) is 21.1 Å². The number of aryl methyl sites for hydroxylation is 1. The number of hydrogen-bond acceptors (Lipinski definition) is 4. The first-order valence-electron chi connectivity index (χ1n) is 9.05. The maximum Gasteiger partial charge on any atom is 0.273 e. The van der Waals surface area contributed by atoms with Crippen molar-refractivity contribution in [3.8, 4) is 17.2 Å². The molecule has 0 aliphatic rings. The number of carbonyl (C=O) groups excluding carboxylic acids is 1. The molecule has 30 heavy (non-hydrogen) atoms. The molecule has 0 saturated heterocycles. The molecule has 1 amide bonds. The van der Waals surface area contributed by atoms with Gasteiger partial charge in [0, 0.05) is 17.1 Å². The van der Waals surface area contributed by atoms with Crippen molar-refractivity contribution in [3.05, 3.63) is 75.8 Å². The molecule has 0 radical (unpaired) electrons. The van der Waals surface area contributed by atoms with Crippen LogP contribution in [0.4, 0.5) is 4.39 Å². The molecule has 8 heteroatoms. The van der Waals surface area contributed by atoms with Gasteiger partial charge in [0.25, 0.3) is 5.91 Å². The van der Waals surface area contributed by atoms with Crippen LogP contribution in [-0.4, -0.2) is 30.9 Å². The lowest BCUT2D eigenvalue weighted by Crippen LogP contribution is -2.18. The average Bonchev–Trinajstić information content (AvgIpc) is 3.02. The van der Waals surface area contributed by atoms with Crippen LogP contribution < -0.4 is 14.9 Å². The molecule has 6 nitrogen and oxygen atoms in total. The molecule has 0 bridgehead atoms. The summed E-state index contributed by atoms with van der Waals surface area (Å²) in [6.07, 6.45) is 1.46. The number of halogens is 2. The average molecular weight is 430 g/mol. The largest absolute Gasteiger partial charge is 0.493 e. The molecule has 2 aromatic carbocycles. The summed E-state index contributed by atoms with van der Waals surface area (Å²) in [5, 5.41) is 4.38. The highest BCUT2D eigenvalue weighted by molar-refractivity contribution is 6.32. The molecule has 0 saturated carbocycles. The molecule has 0 atom stereocenters. The molecule has 0 spiro atoms. The van der Waals surface area contributed by atoms with Crippen LogP contribution in [-0.2, 0) is 0 Å². The van der Waals surface area contributed by atoms with Gasteiger partial charge < -0.3 is 14.0 Å². The summed E-state index contributed by atoms with van der Waals surface area (Å²) in [6.45, 7) is 3.70. The highest BCUT2D eigenvalue weighted by atomic mass is 35.5. The Morgan fingerprint density at radius 1 is 1.13 bits per heavy atom. The number of rotatable bonds is 6. The normalized spacial score (nSPS) is 11.0. The first kappa shape index (κ1) is 21.4.